The van der Waals surface area contributed by atoms with E-state index in [4.69, 9.17) is 23.4 Å². The maximum absolute atomic E-state index is 12.7. The number of rotatable bonds is 9. The van der Waals surface area contributed by atoms with E-state index in [0.717, 1.165) is 16.0 Å². The largest absolute Gasteiger partial charge is 0.493 e. The molecule has 0 fully saturated rings. The average molecular weight is 454 g/mol. The highest BCUT2D eigenvalue weighted by Gasteiger charge is 2.22. The number of nitrogens with zero attached hydrogens (tertiary/aromatic N) is 1. The molecule has 32 heavy (non-hydrogen) atoms. The molecule has 166 valence electrons. The molecule has 2 aromatic heterocycles. The van der Waals surface area contributed by atoms with Crippen molar-refractivity contribution in [3.8, 4) is 22.1 Å². The Balaban J connectivity index is 1.49. The summed E-state index contributed by atoms with van der Waals surface area (Å²) < 4.78 is 27.4. The zero-order valence-electron chi connectivity index (χ0n) is 18.0. The van der Waals surface area contributed by atoms with Crippen LogP contribution in [0.25, 0.3) is 21.5 Å². The second kappa shape index (κ2) is 9.84. The summed E-state index contributed by atoms with van der Waals surface area (Å²) in [5, 5.41) is 3.49. The highest BCUT2D eigenvalue weighted by molar-refractivity contribution is 7.13. The van der Waals surface area contributed by atoms with Gasteiger partial charge >= 0.3 is 5.97 Å². The number of carbonyl (C=O) groups is 1. The minimum absolute atomic E-state index is 0.0347. The van der Waals surface area contributed by atoms with Gasteiger partial charge in [0.25, 0.3) is 0 Å². The number of esters is 1. The van der Waals surface area contributed by atoms with Gasteiger partial charge in [-0.25, -0.2) is 9.78 Å². The molecule has 0 amide bonds. The van der Waals surface area contributed by atoms with Crippen LogP contribution in [0.5, 0.6) is 11.5 Å². The minimum atomic E-state index is -0.550. The van der Waals surface area contributed by atoms with Gasteiger partial charge < -0.3 is 23.4 Å². The number of ether oxygens (including phenoxy) is 4. The Morgan fingerprint density at radius 2 is 1.94 bits per heavy atom. The number of furan rings is 1. The lowest BCUT2D eigenvalue weighted by Crippen LogP contribution is -2.07. The highest BCUT2D eigenvalue weighted by atomic mass is 32.1. The van der Waals surface area contributed by atoms with Crippen molar-refractivity contribution in [1.29, 1.82) is 0 Å². The van der Waals surface area contributed by atoms with Crippen molar-refractivity contribution in [2.75, 3.05) is 20.8 Å². The van der Waals surface area contributed by atoms with Gasteiger partial charge in [0, 0.05) is 29.0 Å². The van der Waals surface area contributed by atoms with E-state index < -0.39 is 5.97 Å². The standard InChI is InChI=1S/C24H23NO6S/c1-4-29-20-10-9-15(11-21(20)28-3)23-25-16(14-32-23)12-30-24(26)22-18(13-27-2)17-7-5-6-8-19(17)31-22/h5-11,14H,4,12-13H2,1-3H3. The first-order valence-electron chi connectivity index (χ1n) is 10.1. The molecule has 0 unspecified atom stereocenters. The molecule has 0 aliphatic heterocycles. The molecule has 0 spiro atoms. The fraction of sp³-hybridized carbons (Fsp3) is 0.250. The molecule has 0 saturated heterocycles. The third kappa shape index (κ3) is 4.46. The molecule has 0 bridgehead atoms. The molecule has 0 atom stereocenters. The second-order valence-electron chi connectivity index (χ2n) is 6.86. The van der Waals surface area contributed by atoms with Crippen LogP contribution in [0.2, 0.25) is 0 Å². The van der Waals surface area contributed by atoms with Crippen LogP contribution in [0.3, 0.4) is 0 Å². The number of methoxy groups -OCH3 is 2. The van der Waals surface area contributed by atoms with E-state index in [2.05, 4.69) is 4.98 Å². The summed E-state index contributed by atoms with van der Waals surface area (Å²) in [6.07, 6.45) is 0. The third-order valence-electron chi connectivity index (χ3n) is 4.79. The lowest BCUT2D eigenvalue weighted by molar-refractivity contribution is 0.0428. The van der Waals surface area contributed by atoms with Gasteiger partial charge in [0.15, 0.2) is 11.5 Å². The fourth-order valence-electron chi connectivity index (χ4n) is 3.34. The van der Waals surface area contributed by atoms with Crippen molar-refractivity contribution >= 4 is 28.3 Å². The van der Waals surface area contributed by atoms with E-state index >= 15 is 0 Å². The van der Waals surface area contributed by atoms with Crippen molar-refractivity contribution in [1.82, 2.24) is 4.98 Å². The van der Waals surface area contributed by atoms with Crippen LogP contribution in [0.15, 0.2) is 52.3 Å². The van der Waals surface area contributed by atoms with Gasteiger partial charge in [0.05, 0.1) is 26.0 Å². The Hall–Kier alpha value is -3.36. The number of fused-ring (bicyclic) bond motifs is 1. The average Bonchev–Trinajstić information content (AvgIpc) is 3.44. The van der Waals surface area contributed by atoms with E-state index in [9.17, 15) is 4.79 Å². The van der Waals surface area contributed by atoms with Gasteiger partial charge in [0.1, 0.15) is 17.2 Å². The maximum Gasteiger partial charge on any atom is 0.375 e. The van der Waals surface area contributed by atoms with Gasteiger partial charge in [-0.1, -0.05) is 18.2 Å². The Labute approximate surface area is 189 Å². The lowest BCUT2D eigenvalue weighted by Gasteiger charge is -2.09. The number of carbonyl (C=O) groups excluding carboxylic acids is 1. The highest BCUT2D eigenvalue weighted by Crippen LogP contribution is 2.34. The van der Waals surface area contributed by atoms with Gasteiger partial charge in [-0.05, 0) is 31.2 Å². The summed E-state index contributed by atoms with van der Waals surface area (Å²) in [6, 6.07) is 13.1. The van der Waals surface area contributed by atoms with Crippen LogP contribution in [-0.4, -0.2) is 31.8 Å². The Morgan fingerprint density at radius 1 is 1.09 bits per heavy atom. The molecule has 0 aliphatic carbocycles. The van der Waals surface area contributed by atoms with E-state index in [1.165, 1.54) is 11.3 Å². The molecule has 4 aromatic rings. The predicted octanol–water partition coefficient (Wildman–Crippen LogP) is 5.47. The summed E-state index contributed by atoms with van der Waals surface area (Å²) in [6.45, 7) is 2.76. The molecule has 7 nitrogen and oxygen atoms in total. The number of benzene rings is 2. The molecule has 4 rings (SSSR count). The molecule has 2 heterocycles. The Kier molecular flexibility index (Phi) is 6.72. The minimum Gasteiger partial charge on any atom is -0.493 e. The number of aromatic nitrogens is 1. The molecule has 0 radical (unpaired) electrons. The van der Waals surface area contributed by atoms with Gasteiger partial charge in [-0.3, -0.25) is 0 Å². The first-order valence-corrected chi connectivity index (χ1v) is 10.9. The van der Waals surface area contributed by atoms with E-state index in [1.54, 1.807) is 14.2 Å². The smallest absolute Gasteiger partial charge is 0.375 e. The molecular weight excluding hydrogens is 430 g/mol. The van der Waals surface area contributed by atoms with Crippen LogP contribution < -0.4 is 9.47 Å². The van der Waals surface area contributed by atoms with Crippen LogP contribution >= 0.6 is 11.3 Å². The van der Waals surface area contributed by atoms with Crippen LogP contribution in [-0.2, 0) is 22.7 Å². The summed E-state index contributed by atoms with van der Waals surface area (Å²) >= 11 is 1.46. The lowest BCUT2D eigenvalue weighted by atomic mass is 10.1. The van der Waals surface area contributed by atoms with Gasteiger partial charge in [-0.15, -0.1) is 11.3 Å². The van der Waals surface area contributed by atoms with Crippen molar-refractivity contribution in [3.05, 3.63) is 64.9 Å². The summed E-state index contributed by atoms with van der Waals surface area (Å²) in [7, 11) is 3.17. The quantitative estimate of drug-likeness (QED) is 0.311. The maximum atomic E-state index is 12.7. The molecule has 8 heteroatoms. The van der Waals surface area contributed by atoms with Crippen molar-refractivity contribution in [2.24, 2.45) is 0 Å². The predicted molar refractivity (Wildman–Crippen MR) is 121 cm³/mol. The topological polar surface area (TPSA) is 80.0 Å². The molecule has 0 N–H and O–H groups in total. The first-order chi connectivity index (χ1) is 15.6. The fourth-order valence-corrected chi connectivity index (χ4v) is 4.14. The first kappa shape index (κ1) is 21.9. The SMILES string of the molecule is CCOc1ccc(-c2nc(COC(=O)c3oc4ccccc4c3COC)cs2)cc1OC. The Morgan fingerprint density at radius 3 is 2.72 bits per heavy atom. The van der Waals surface area contributed by atoms with Crippen LogP contribution in [0.1, 0.15) is 28.7 Å². The van der Waals surface area contributed by atoms with E-state index in [1.807, 2.05) is 54.8 Å². The van der Waals surface area contributed by atoms with E-state index in [-0.39, 0.29) is 19.0 Å². The van der Waals surface area contributed by atoms with E-state index in [0.29, 0.717) is 34.9 Å². The number of thiazole rings is 1. The van der Waals surface area contributed by atoms with Crippen LogP contribution in [0, 0.1) is 0 Å². The van der Waals surface area contributed by atoms with Gasteiger partial charge in [-0.2, -0.15) is 0 Å². The summed E-state index contributed by atoms with van der Waals surface area (Å²) in [5.41, 5.74) is 2.84. The van der Waals surface area contributed by atoms with Gasteiger partial charge in [0.2, 0.25) is 5.76 Å². The molecule has 0 saturated carbocycles. The summed E-state index contributed by atoms with van der Waals surface area (Å²) in [4.78, 5) is 17.3. The van der Waals surface area contributed by atoms with Crippen molar-refractivity contribution < 1.29 is 28.2 Å². The number of hydrogen-bond acceptors (Lipinski definition) is 8. The number of hydrogen-bond donors (Lipinski definition) is 0. The molecular formula is C24H23NO6S. The van der Waals surface area contributed by atoms with Crippen LogP contribution in [0.4, 0.5) is 0 Å². The van der Waals surface area contributed by atoms with Crippen molar-refractivity contribution in [3.63, 3.8) is 0 Å². The second-order valence-corrected chi connectivity index (χ2v) is 7.72. The monoisotopic (exact) mass is 453 g/mol. The molecule has 0 aliphatic rings. The third-order valence-corrected chi connectivity index (χ3v) is 5.73. The zero-order chi connectivity index (χ0) is 22.5. The summed E-state index contributed by atoms with van der Waals surface area (Å²) in [5.74, 6) is 0.926. The zero-order valence-corrected chi connectivity index (χ0v) is 18.9. The molecule has 2 aromatic carbocycles. The number of para-hydroxylation sites is 1. The van der Waals surface area contributed by atoms with Crippen molar-refractivity contribution in [2.45, 2.75) is 20.1 Å². The normalized spacial score (nSPS) is 11.0. The Bertz CT molecular complexity index is 1230.